The summed E-state index contributed by atoms with van der Waals surface area (Å²) in [5, 5.41) is 21.7. The first-order chi connectivity index (χ1) is 10.6. The van der Waals surface area contributed by atoms with Crippen molar-refractivity contribution in [1.29, 1.82) is 0 Å². The van der Waals surface area contributed by atoms with Gasteiger partial charge in [-0.15, -0.1) is 0 Å². The first-order valence-electron chi connectivity index (χ1n) is 8.67. The molecule has 0 radical (unpaired) electrons. The van der Waals surface area contributed by atoms with Gasteiger partial charge in [-0.05, 0) is 38.5 Å². The summed E-state index contributed by atoms with van der Waals surface area (Å²) in [4.78, 5) is 21.7. The first kappa shape index (κ1) is 30.4. The average Bonchev–Trinajstić information content (AvgIpc) is 2.44. The number of rotatable bonds is 13. The molecule has 0 saturated heterocycles. The molecule has 0 unspecified atom stereocenters. The largest absolute Gasteiger partial charge is 1.00 e. The molecule has 0 aromatic heterocycles. The number of hydrogen-bond acceptors (Lipinski definition) is 4. The molecule has 0 spiro atoms. The molecule has 0 aliphatic carbocycles. The van der Waals surface area contributed by atoms with Crippen molar-refractivity contribution in [3.05, 3.63) is 12.2 Å². The minimum absolute atomic E-state index is 0. The summed E-state index contributed by atoms with van der Waals surface area (Å²) in [5.41, 5.74) is -1.46. The van der Waals surface area contributed by atoms with Crippen LogP contribution < -0.4 is 69.3 Å². The Kier molecular flexibility index (Phi) is 19.1. The van der Waals surface area contributed by atoms with E-state index in [1.807, 2.05) is 0 Å². The second-order valence-corrected chi connectivity index (χ2v) is 7.66. The van der Waals surface area contributed by atoms with Crippen LogP contribution in [0, 0.1) is 10.8 Å². The van der Waals surface area contributed by atoms with E-state index >= 15 is 0 Å². The smallest absolute Gasteiger partial charge is 0.550 e. The van der Waals surface area contributed by atoms with E-state index < -0.39 is 22.8 Å². The van der Waals surface area contributed by atoms with Crippen molar-refractivity contribution >= 4 is 11.9 Å². The van der Waals surface area contributed by atoms with Crippen LogP contribution >= 0.6 is 0 Å². The summed E-state index contributed by atoms with van der Waals surface area (Å²) >= 11 is 0. The molecule has 134 valence electrons. The summed E-state index contributed by atoms with van der Waals surface area (Å²) in [5.74, 6) is -1.95. The molecule has 0 aromatic carbocycles. The summed E-state index contributed by atoms with van der Waals surface area (Å²) in [6, 6.07) is 0. The SMILES string of the molecule is CC(C)(CCCC/C=C/CCCCCC(C)(C)C(=O)[O-])C(=O)[O-].[Na+].[Na+]. The fourth-order valence-electron chi connectivity index (χ4n) is 2.27. The fraction of sp³-hybridized carbons (Fsp3) is 0.789. The van der Waals surface area contributed by atoms with Crippen molar-refractivity contribution in [2.24, 2.45) is 10.8 Å². The third kappa shape index (κ3) is 15.4. The maximum atomic E-state index is 10.9. The van der Waals surface area contributed by atoms with E-state index in [2.05, 4.69) is 12.2 Å². The van der Waals surface area contributed by atoms with Crippen molar-refractivity contribution in [3.8, 4) is 0 Å². The molecule has 0 saturated carbocycles. The van der Waals surface area contributed by atoms with Crippen LogP contribution in [-0.2, 0) is 9.59 Å². The quantitative estimate of drug-likeness (QED) is 0.192. The molecule has 0 atom stereocenters. The van der Waals surface area contributed by atoms with Gasteiger partial charge in [0.25, 0.3) is 0 Å². The van der Waals surface area contributed by atoms with Gasteiger partial charge >= 0.3 is 59.1 Å². The zero-order chi connectivity index (χ0) is 17.9. The van der Waals surface area contributed by atoms with Crippen LogP contribution in [-0.4, -0.2) is 11.9 Å². The maximum absolute atomic E-state index is 10.9. The Balaban J connectivity index is -0.00000242. The van der Waals surface area contributed by atoms with Crippen LogP contribution in [0.1, 0.15) is 85.5 Å². The Morgan fingerprint density at radius 1 is 0.680 bits per heavy atom. The van der Waals surface area contributed by atoms with Crippen molar-refractivity contribution < 1.29 is 78.9 Å². The zero-order valence-electron chi connectivity index (χ0n) is 17.2. The molecule has 4 nitrogen and oxygen atoms in total. The van der Waals surface area contributed by atoms with E-state index in [9.17, 15) is 19.8 Å². The summed E-state index contributed by atoms with van der Waals surface area (Å²) in [6.07, 6.45) is 12.5. The number of hydrogen-bond donors (Lipinski definition) is 0. The molecule has 0 heterocycles. The second kappa shape index (κ2) is 15.7. The van der Waals surface area contributed by atoms with E-state index in [1.54, 1.807) is 27.7 Å². The van der Waals surface area contributed by atoms with E-state index in [0.717, 1.165) is 44.9 Å². The average molecular weight is 370 g/mol. The molecule has 6 heteroatoms. The topological polar surface area (TPSA) is 80.3 Å². The molecular formula is C19H32Na2O4. The van der Waals surface area contributed by atoms with E-state index in [4.69, 9.17) is 0 Å². The van der Waals surface area contributed by atoms with Crippen LogP contribution in [0.25, 0.3) is 0 Å². The van der Waals surface area contributed by atoms with Crippen molar-refractivity contribution in [1.82, 2.24) is 0 Å². The predicted octanol–water partition coefficient (Wildman–Crippen LogP) is -3.39. The Morgan fingerprint density at radius 3 is 1.36 bits per heavy atom. The van der Waals surface area contributed by atoms with Gasteiger partial charge in [0.15, 0.2) is 0 Å². The normalized spacial score (nSPS) is 11.7. The second-order valence-electron chi connectivity index (χ2n) is 7.66. The molecule has 0 aliphatic rings. The number of allylic oxidation sites excluding steroid dienone is 2. The van der Waals surface area contributed by atoms with Gasteiger partial charge in [-0.2, -0.15) is 0 Å². The van der Waals surface area contributed by atoms with Gasteiger partial charge in [0, 0.05) is 22.8 Å². The van der Waals surface area contributed by atoms with Gasteiger partial charge in [-0.3, -0.25) is 0 Å². The van der Waals surface area contributed by atoms with Crippen LogP contribution in [0.5, 0.6) is 0 Å². The predicted molar refractivity (Wildman–Crippen MR) is 88.3 cm³/mol. The van der Waals surface area contributed by atoms with Crippen molar-refractivity contribution in [2.45, 2.75) is 85.5 Å². The molecule has 0 fully saturated rings. The van der Waals surface area contributed by atoms with Gasteiger partial charge in [0.05, 0.1) is 0 Å². The van der Waals surface area contributed by atoms with Gasteiger partial charge < -0.3 is 19.8 Å². The Labute approximate surface area is 197 Å². The van der Waals surface area contributed by atoms with E-state index in [0.29, 0.717) is 12.8 Å². The molecule has 0 amide bonds. The van der Waals surface area contributed by atoms with Gasteiger partial charge in [0.2, 0.25) is 0 Å². The molecular weight excluding hydrogens is 338 g/mol. The van der Waals surface area contributed by atoms with E-state index in [1.165, 1.54) is 0 Å². The number of carboxylic acid groups (broad SMARTS) is 2. The number of aliphatic carboxylic acids is 2. The van der Waals surface area contributed by atoms with Gasteiger partial charge in [-0.25, -0.2) is 0 Å². The standard InChI is InChI=1S/C19H34O4.2Na/c1-18(2,16(20)21)14-12-10-8-6-5-7-9-11-13-15-19(3,4)17(22)23;;/h5-6H,7-15H2,1-4H3,(H,20,21)(H,22,23);;/q;2*+1/p-2/b6-5+;;. The fourth-order valence-corrected chi connectivity index (χ4v) is 2.27. The number of carbonyl (C=O) groups excluding carboxylic acids is 2. The Morgan fingerprint density at radius 2 is 1.00 bits per heavy atom. The number of carbonyl (C=O) groups is 2. The molecule has 0 N–H and O–H groups in total. The Hall–Kier alpha value is 0.680. The summed E-state index contributed by atoms with van der Waals surface area (Å²) in [6.45, 7) is 6.84. The Bertz CT molecular complexity index is 404. The zero-order valence-corrected chi connectivity index (χ0v) is 21.2. The molecule has 0 bridgehead atoms. The third-order valence-electron chi connectivity index (χ3n) is 4.37. The molecule has 25 heavy (non-hydrogen) atoms. The van der Waals surface area contributed by atoms with Crippen molar-refractivity contribution in [3.63, 3.8) is 0 Å². The number of carboxylic acids is 2. The number of unbranched alkanes of at least 4 members (excludes halogenated alkanes) is 5. The van der Waals surface area contributed by atoms with Crippen molar-refractivity contribution in [2.75, 3.05) is 0 Å². The minimum atomic E-state index is -0.977. The molecule has 0 aromatic rings. The first-order valence-corrected chi connectivity index (χ1v) is 8.67. The van der Waals surface area contributed by atoms with E-state index in [-0.39, 0.29) is 59.1 Å². The summed E-state index contributed by atoms with van der Waals surface area (Å²) < 4.78 is 0. The monoisotopic (exact) mass is 370 g/mol. The van der Waals surface area contributed by atoms with Gasteiger partial charge in [-0.1, -0.05) is 59.1 Å². The van der Waals surface area contributed by atoms with Crippen LogP contribution in [0.3, 0.4) is 0 Å². The third-order valence-corrected chi connectivity index (χ3v) is 4.37. The van der Waals surface area contributed by atoms with Crippen LogP contribution in [0.15, 0.2) is 12.2 Å². The van der Waals surface area contributed by atoms with Crippen LogP contribution in [0.2, 0.25) is 0 Å². The summed E-state index contributed by atoms with van der Waals surface area (Å²) in [7, 11) is 0. The minimum Gasteiger partial charge on any atom is -0.550 e. The van der Waals surface area contributed by atoms with Gasteiger partial charge in [0.1, 0.15) is 0 Å². The molecule has 0 aliphatic heterocycles. The molecule has 0 rings (SSSR count). The van der Waals surface area contributed by atoms with Crippen LogP contribution in [0.4, 0.5) is 0 Å². The maximum Gasteiger partial charge on any atom is 1.00 e.